The molecule has 0 fully saturated rings. The Kier molecular flexibility index (Phi) is 3.64. The summed E-state index contributed by atoms with van der Waals surface area (Å²) in [6, 6.07) is 5.82. The number of benzene rings is 1. The molecule has 0 atom stereocenters. The third kappa shape index (κ3) is 2.02. The van der Waals surface area contributed by atoms with E-state index in [1.807, 2.05) is 18.2 Å². The predicted octanol–water partition coefficient (Wildman–Crippen LogP) is 3.68. The van der Waals surface area contributed by atoms with Crippen LogP contribution in [0.15, 0.2) is 18.2 Å². The third-order valence-electron chi connectivity index (χ3n) is 3.73. The lowest BCUT2D eigenvalue weighted by Crippen LogP contribution is -2.38. The molecule has 0 radical (unpaired) electrons. The first-order valence-electron chi connectivity index (χ1n) is 6.50. The van der Waals surface area contributed by atoms with Gasteiger partial charge in [0.2, 0.25) is 0 Å². The maximum absolute atomic E-state index is 6.48. The van der Waals surface area contributed by atoms with Gasteiger partial charge in [-0.3, -0.25) is 0 Å². The van der Waals surface area contributed by atoms with E-state index in [0.717, 1.165) is 36.2 Å². The van der Waals surface area contributed by atoms with Crippen LogP contribution < -0.4 is 5.73 Å². The van der Waals surface area contributed by atoms with Gasteiger partial charge in [-0.15, -0.1) is 0 Å². The fourth-order valence-electron chi connectivity index (χ4n) is 2.37. The Morgan fingerprint density at radius 1 is 1.28 bits per heavy atom. The molecule has 2 aromatic rings. The molecular weight excluding hydrogens is 246 g/mol. The van der Waals surface area contributed by atoms with E-state index in [4.69, 9.17) is 22.3 Å². The molecule has 18 heavy (non-hydrogen) atoms. The SMILES string of the molecule is CCn1c(C(N)(CC)CC)nc2cc(Cl)ccc21. The number of aromatic nitrogens is 2. The van der Waals surface area contributed by atoms with Gasteiger partial charge in [0.25, 0.3) is 0 Å². The molecular formula is C14H20ClN3. The lowest BCUT2D eigenvalue weighted by molar-refractivity contribution is 0.373. The van der Waals surface area contributed by atoms with Crippen molar-refractivity contribution >= 4 is 22.6 Å². The number of nitrogens with two attached hydrogens (primary N) is 1. The summed E-state index contributed by atoms with van der Waals surface area (Å²) in [4.78, 5) is 4.71. The Balaban J connectivity index is 2.71. The fourth-order valence-corrected chi connectivity index (χ4v) is 2.54. The Labute approximate surface area is 113 Å². The Hall–Kier alpha value is -1.06. The topological polar surface area (TPSA) is 43.8 Å². The highest BCUT2D eigenvalue weighted by Gasteiger charge is 2.29. The first kappa shape index (κ1) is 13.4. The van der Waals surface area contributed by atoms with Gasteiger partial charge in [0, 0.05) is 11.6 Å². The van der Waals surface area contributed by atoms with E-state index < -0.39 is 0 Å². The highest BCUT2D eigenvalue weighted by Crippen LogP contribution is 2.29. The number of imidazole rings is 1. The van der Waals surface area contributed by atoms with E-state index in [1.165, 1.54) is 0 Å². The molecule has 98 valence electrons. The van der Waals surface area contributed by atoms with Crippen LogP contribution in [0.4, 0.5) is 0 Å². The first-order chi connectivity index (χ1) is 8.55. The minimum Gasteiger partial charge on any atom is -0.327 e. The van der Waals surface area contributed by atoms with Crippen molar-refractivity contribution in [2.45, 2.75) is 45.7 Å². The highest BCUT2D eigenvalue weighted by atomic mass is 35.5. The second kappa shape index (κ2) is 4.90. The molecule has 0 saturated heterocycles. The zero-order chi connectivity index (χ0) is 13.3. The van der Waals surface area contributed by atoms with Gasteiger partial charge in [-0.25, -0.2) is 4.98 Å². The Morgan fingerprint density at radius 3 is 2.50 bits per heavy atom. The number of fused-ring (bicyclic) bond motifs is 1. The van der Waals surface area contributed by atoms with Crippen LogP contribution in [0.2, 0.25) is 5.02 Å². The quantitative estimate of drug-likeness (QED) is 0.916. The van der Waals surface area contributed by atoms with E-state index in [9.17, 15) is 0 Å². The molecule has 1 aromatic carbocycles. The minimum atomic E-state index is -0.360. The monoisotopic (exact) mass is 265 g/mol. The fraction of sp³-hybridized carbons (Fsp3) is 0.500. The van der Waals surface area contributed by atoms with Crippen molar-refractivity contribution < 1.29 is 0 Å². The molecule has 0 bridgehead atoms. The summed E-state index contributed by atoms with van der Waals surface area (Å²) < 4.78 is 2.19. The maximum Gasteiger partial charge on any atom is 0.130 e. The van der Waals surface area contributed by atoms with Gasteiger partial charge >= 0.3 is 0 Å². The third-order valence-corrected chi connectivity index (χ3v) is 3.97. The molecule has 4 heteroatoms. The maximum atomic E-state index is 6.48. The molecule has 1 aromatic heterocycles. The Morgan fingerprint density at radius 2 is 1.94 bits per heavy atom. The second-order valence-electron chi connectivity index (χ2n) is 4.68. The molecule has 0 aliphatic heterocycles. The molecule has 2 rings (SSSR count). The Bertz CT molecular complexity index is 555. The molecule has 0 aliphatic carbocycles. The number of hydrogen-bond acceptors (Lipinski definition) is 2. The van der Waals surface area contributed by atoms with E-state index in [2.05, 4.69) is 25.3 Å². The summed E-state index contributed by atoms with van der Waals surface area (Å²) in [6.45, 7) is 7.20. The molecule has 0 aliphatic rings. The van der Waals surface area contributed by atoms with Gasteiger partial charge < -0.3 is 10.3 Å². The normalized spacial score (nSPS) is 12.3. The minimum absolute atomic E-state index is 0.360. The lowest BCUT2D eigenvalue weighted by Gasteiger charge is -2.26. The highest BCUT2D eigenvalue weighted by molar-refractivity contribution is 6.31. The van der Waals surface area contributed by atoms with Crippen molar-refractivity contribution in [1.82, 2.24) is 9.55 Å². The molecule has 0 unspecified atom stereocenters. The summed E-state index contributed by atoms with van der Waals surface area (Å²) >= 11 is 6.02. The van der Waals surface area contributed by atoms with Crippen molar-refractivity contribution in [3.05, 3.63) is 29.0 Å². The van der Waals surface area contributed by atoms with Crippen molar-refractivity contribution in [3.8, 4) is 0 Å². The van der Waals surface area contributed by atoms with Gasteiger partial charge in [0.15, 0.2) is 0 Å². The van der Waals surface area contributed by atoms with Gasteiger partial charge in [-0.05, 0) is 38.0 Å². The van der Waals surface area contributed by atoms with E-state index in [1.54, 1.807) is 0 Å². The number of halogens is 1. The van der Waals surface area contributed by atoms with E-state index in [-0.39, 0.29) is 5.54 Å². The summed E-state index contributed by atoms with van der Waals surface area (Å²) in [6.07, 6.45) is 1.75. The summed E-state index contributed by atoms with van der Waals surface area (Å²) in [5.41, 5.74) is 8.15. The van der Waals surface area contributed by atoms with Crippen LogP contribution in [-0.4, -0.2) is 9.55 Å². The van der Waals surface area contributed by atoms with Gasteiger partial charge in [-0.1, -0.05) is 25.4 Å². The average molecular weight is 266 g/mol. The number of nitrogens with zero attached hydrogens (tertiary/aromatic N) is 2. The van der Waals surface area contributed by atoms with Gasteiger partial charge in [-0.2, -0.15) is 0 Å². The van der Waals surface area contributed by atoms with E-state index in [0.29, 0.717) is 5.02 Å². The number of aryl methyl sites for hydroxylation is 1. The summed E-state index contributed by atoms with van der Waals surface area (Å²) in [5, 5.41) is 0.713. The van der Waals surface area contributed by atoms with Crippen LogP contribution in [-0.2, 0) is 12.1 Å². The smallest absolute Gasteiger partial charge is 0.130 e. The van der Waals surface area contributed by atoms with Crippen LogP contribution in [0.1, 0.15) is 39.4 Å². The van der Waals surface area contributed by atoms with Gasteiger partial charge in [0.1, 0.15) is 5.82 Å². The number of rotatable bonds is 4. The van der Waals surface area contributed by atoms with Crippen LogP contribution >= 0.6 is 11.6 Å². The lowest BCUT2D eigenvalue weighted by atomic mass is 9.93. The second-order valence-corrected chi connectivity index (χ2v) is 5.11. The van der Waals surface area contributed by atoms with Crippen LogP contribution in [0.5, 0.6) is 0 Å². The molecule has 0 spiro atoms. The van der Waals surface area contributed by atoms with Crippen LogP contribution in [0, 0.1) is 0 Å². The number of hydrogen-bond donors (Lipinski definition) is 1. The standard InChI is InChI=1S/C14H20ClN3/c1-4-14(16,5-2)13-17-11-9-10(15)7-8-12(11)18(13)6-3/h7-9H,4-6,16H2,1-3H3. The van der Waals surface area contributed by atoms with Gasteiger partial charge in [0.05, 0.1) is 16.6 Å². The van der Waals surface area contributed by atoms with Crippen LogP contribution in [0.25, 0.3) is 11.0 Å². The van der Waals surface area contributed by atoms with Crippen molar-refractivity contribution in [2.24, 2.45) is 5.73 Å². The summed E-state index contributed by atoms with van der Waals surface area (Å²) in [5.74, 6) is 0.965. The molecule has 1 heterocycles. The predicted molar refractivity (Wildman–Crippen MR) is 76.9 cm³/mol. The first-order valence-corrected chi connectivity index (χ1v) is 6.88. The molecule has 2 N–H and O–H groups in total. The van der Waals surface area contributed by atoms with E-state index >= 15 is 0 Å². The average Bonchev–Trinajstić information content (AvgIpc) is 2.75. The zero-order valence-electron chi connectivity index (χ0n) is 11.2. The van der Waals surface area contributed by atoms with Crippen molar-refractivity contribution in [1.29, 1.82) is 0 Å². The largest absolute Gasteiger partial charge is 0.327 e. The zero-order valence-corrected chi connectivity index (χ0v) is 12.0. The molecule has 0 amide bonds. The van der Waals surface area contributed by atoms with Crippen molar-refractivity contribution in [3.63, 3.8) is 0 Å². The summed E-state index contributed by atoms with van der Waals surface area (Å²) in [7, 11) is 0. The van der Waals surface area contributed by atoms with Crippen LogP contribution in [0.3, 0.4) is 0 Å². The molecule has 3 nitrogen and oxygen atoms in total. The van der Waals surface area contributed by atoms with Crippen molar-refractivity contribution in [2.75, 3.05) is 0 Å². The molecule has 0 saturated carbocycles.